The Morgan fingerprint density at radius 3 is 3.00 bits per heavy atom. The Balaban J connectivity index is 2.02. The number of nitrogens with two attached hydrogens (primary N) is 1. The van der Waals surface area contributed by atoms with E-state index in [1.165, 1.54) is 11.8 Å². The minimum Gasteiger partial charge on any atom is -0.399 e. The molecular formula is C14H10N4S2. The third-order valence-electron chi connectivity index (χ3n) is 2.81. The lowest BCUT2D eigenvalue weighted by molar-refractivity contribution is 1.08. The number of anilines is 1. The first kappa shape index (κ1) is 12.9. The lowest BCUT2D eigenvalue weighted by Crippen LogP contribution is -1.89. The number of nitrogen functional groups attached to an aromatic ring is 1. The van der Waals surface area contributed by atoms with Gasteiger partial charge < -0.3 is 5.73 Å². The van der Waals surface area contributed by atoms with E-state index in [2.05, 4.69) is 16.0 Å². The number of pyridine rings is 1. The third-order valence-corrected chi connectivity index (χ3v) is 4.89. The van der Waals surface area contributed by atoms with Crippen LogP contribution in [0, 0.1) is 18.3 Å². The summed E-state index contributed by atoms with van der Waals surface area (Å²) in [5, 5.41) is 9.91. The van der Waals surface area contributed by atoms with Gasteiger partial charge in [-0.2, -0.15) is 5.26 Å². The van der Waals surface area contributed by atoms with Crippen LogP contribution in [0.2, 0.25) is 0 Å². The maximum atomic E-state index is 9.22. The first-order valence-corrected chi connectivity index (χ1v) is 7.50. The molecule has 20 heavy (non-hydrogen) atoms. The molecule has 0 bridgehead atoms. The summed E-state index contributed by atoms with van der Waals surface area (Å²) >= 11 is 2.97. The van der Waals surface area contributed by atoms with Crippen LogP contribution < -0.4 is 5.73 Å². The molecule has 1 aromatic carbocycles. The summed E-state index contributed by atoms with van der Waals surface area (Å²) in [7, 11) is 0. The van der Waals surface area contributed by atoms with Gasteiger partial charge in [-0.1, -0.05) is 0 Å². The zero-order chi connectivity index (χ0) is 14.1. The molecule has 3 aromatic rings. The van der Waals surface area contributed by atoms with Crippen molar-refractivity contribution in [3.63, 3.8) is 0 Å². The van der Waals surface area contributed by atoms with Crippen LogP contribution in [0.15, 0.2) is 39.8 Å². The van der Waals surface area contributed by atoms with Crippen LogP contribution in [0.3, 0.4) is 0 Å². The molecule has 3 rings (SSSR count). The molecule has 0 atom stereocenters. The molecule has 0 amide bonds. The van der Waals surface area contributed by atoms with Crippen LogP contribution in [-0.4, -0.2) is 9.97 Å². The fourth-order valence-electron chi connectivity index (χ4n) is 1.79. The minimum absolute atomic E-state index is 0.608. The molecule has 2 aromatic heterocycles. The molecule has 0 aliphatic heterocycles. The van der Waals surface area contributed by atoms with E-state index in [4.69, 9.17) is 5.73 Å². The maximum absolute atomic E-state index is 9.22. The van der Waals surface area contributed by atoms with E-state index < -0.39 is 0 Å². The van der Waals surface area contributed by atoms with Crippen molar-refractivity contribution in [2.75, 3.05) is 5.73 Å². The molecule has 0 radical (unpaired) electrons. The molecule has 0 aliphatic carbocycles. The van der Waals surface area contributed by atoms with Crippen molar-refractivity contribution in [3.05, 3.63) is 41.6 Å². The lowest BCUT2D eigenvalue weighted by atomic mass is 10.2. The van der Waals surface area contributed by atoms with Gasteiger partial charge in [0.2, 0.25) is 0 Å². The molecule has 0 aliphatic rings. The normalized spacial score (nSPS) is 10.6. The number of nitriles is 1. The fourth-order valence-corrected chi connectivity index (χ4v) is 3.94. The van der Waals surface area contributed by atoms with Gasteiger partial charge in [0.25, 0.3) is 0 Å². The zero-order valence-electron chi connectivity index (χ0n) is 10.6. The average Bonchev–Trinajstić information content (AvgIpc) is 2.80. The minimum atomic E-state index is 0.608. The highest BCUT2D eigenvalue weighted by Crippen LogP contribution is 2.35. The zero-order valence-corrected chi connectivity index (χ0v) is 12.3. The second-order valence-corrected chi connectivity index (χ2v) is 6.50. The Kier molecular flexibility index (Phi) is 3.30. The number of benzene rings is 1. The van der Waals surface area contributed by atoms with Gasteiger partial charge in [0.05, 0.1) is 15.8 Å². The lowest BCUT2D eigenvalue weighted by Gasteiger charge is -2.01. The fraction of sp³-hybridized carbons (Fsp3) is 0.0714. The van der Waals surface area contributed by atoms with E-state index in [-0.39, 0.29) is 0 Å². The molecule has 6 heteroatoms. The van der Waals surface area contributed by atoms with Crippen LogP contribution >= 0.6 is 23.1 Å². The summed E-state index contributed by atoms with van der Waals surface area (Å²) in [5.41, 5.74) is 8.94. The predicted octanol–water partition coefficient (Wildman–Crippen LogP) is 3.60. The van der Waals surface area contributed by atoms with Gasteiger partial charge in [0.15, 0.2) is 4.34 Å². The number of nitrogens with zero attached hydrogens (tertiary/aromatic N) is 3. The predicted molar refractivity (Wildman–Crippen MR) is 81.8 cm³/mol. The number of hydrogen-bond acceptors (Lipinski definition) is 6. The van der Waals surface area contributed by atoms with Crippen LogP contribution in [0.25, 0.3) is 10.2 Å². The summed E-state index contributed by atoms with van der Waals surface area (Å²) < 4.78 is 1.90. The van der Waals surface area contributed by atoms with Gasteiger partial charge in [-0.05, 0) is 48.5 Å². The second kappa shape index (κ2) is 5.12. The standard InChI is InChI=1S/C14H10N4S2/c1-8-4-5-17-13(10(8)7-15)20-14-18-11-3-2-9(16)6-12(11)19-14/h2-6H,16H2,1H3. The highest BCUT2D eigenvalue weighted by molar-refractivity contribution is 8.01. The van der Waals surface area contributed by atoms with Gasteiger partial charge in [-0.3, -0.25) is 0 Å². The van der Waals surface area contributed by atoms with E-state index in [0.717, 1.165) is 25.8 Å². The van der Waals surface area contributed by atoms with Crippen molar-refractivity contribution in [1.82, 2.24) is 9.97 Å². The van der Waals surface area contributed by atoms with Gasteiger partial charge in [-0.15, -0.1) is 11.3 Å². The van der Waals surface area contributed by atoms with Crippen LogP contribution in [0.5, 0.6) is 0 Å². The molecular weight excluding hydrogens is 288 g/mol. The molecule has 0 spiro atoms. The summed E-state index contributed by atoms with van der Waals surface area (Å²) in [4.78, 5) is 8.81. The average molecular weight is 298 g/mol. The number of fused-ring (bicyclic) bond motifs is 1. The number of aryl methyl sites for hydroxylation is 1. The summed E-state index contributed by atoms with van der Waals surface area (Å²) in [6.07, 6.45) is 1.71. The first-order valence-electron chi connectivity index (χ1n) is 5.87. The number of hydrogen-bond donors (Lipinski definition) is 1. The molecule has 2 heterocycles. The summed E-state index contributed by atoms with van der Waals surface area (Å²) in [6.45, 7) is 1.91. The van der Waals surface area contributed by atoms with Crippen molar-refractivity contribution < 1.29 is 0 Å². The Labute approximate surface area is 124 Å². The van der Waals surface area contributed by atoms with Gasteiger partial charge in [0.1, 0.15) is 11.1 Å². The highest BCUT2D eigenvalue weighted by Gasteiger charge is 2.11. The summed E-state index contributed by atoms with van der Waals surface area (Å²) in [6, 6.07) is 9.68. The van der Waals surface area contributed by atoms with Crippen LogP contribution in [0.4, 0.5) is 5.69 Å². The Hall–Kier alpha value is -2.10. The van der Waals surface area contributed by atoms with E-state index >= 15 is 0 Å². The number of rotatable bonds is 2. The molecule has 0 unspecified atom stereocenters. The highest BCUT2D eigenvalue weighted by atomic mass is 32.2. The van der Waals surface area contributed by atoms with Gasteiger partial charge in [0, 0.05) is 11.9 Å². The Bertz CT molecular complexity index is 833. The molecule has 98 valence electrons. The Morgan fingerprint density at radius 1 is 1.35 bits per heavy atom. The molecule has 0 saturated heterocycles. The van der Waals surface area contributed by atoms with E-state index in [1.54, 1.807) is 17.5 Å². The number of thiazole rings is 1. The smallest absolute Gasteiger partial charge is 0.157 e. The van der Waals surface area contributed by atoms with Gasteiger partial charge >= 0.3 is 0 Å². The van der Waals surface area contributed by atoms with E-state index in [0.29, 0.717) is 10.6 Å². The molecule has 4 nitrogen and oxygen atoms in total. The molecule has 0 saturated carbocycles. The molecule has 2 N–H and O–H groups in total. The third kappa shape index (κ3) is 2.33. The van der Waals surface area contributed by atoms with Crippen molar-refractivity contribution in [1.29, 1.82) is 5.26 Å². The van der Waals surface area contributed by atoms with Crippen molar-refractivity contribution in [2.45, 2.75) is 16.3 Å². The topological polar surface area (TPSA) is 75.6 Å². The largest absolute Gasteiger partial charge is 0.399 e. The Morgan fingerprint density at radius 2 is 2.20 bits per heavy atom. The van der Waals surface area contributed by atoms with E-state index in [9.17, 15) is 5.26 Å². The number of aromatic nitrogens is 2. The molecule has 0 fully saturated rings. The quantitative estimate of drug-likeness (QED) is 0.731. The van der Waals surface area contributed by atoms with E-state index in [1.807, 2.05) is 31.2 Å². The van der Waals surface area contributed by atoms with Crippen LogP contribution in [0.1, 0.15) is 11.1 Å². The first-order chi connectivity index (χ1) is 9.67. The van der Waals surface area contributed by atoms with Crippen molar-refractivity contribution >= 4 is 39.0 Å². The SMILES string of the molecule is Cc1ccnc(Sc2nc3ccc(N)cc3s2)c1C#N. The van der Waals surface area contributed by atoms with Crippen molar-refractivity contribution in [3.8, 4) is 6.07 Å². The van der Waals surface area contributed by atoms with Crippen LogP contribution in [-0.2, 0) is 0 Å². The maximum Gasteiger partial charge on any atom is 0.157 e. The summed E-state index contributed by atoms with van der Waals surface area (Å²) in [5.74, 6) is 0. The monoisotopic (exact) mass is 298 g/mol. The van der Waals surface area contributed by atoms with Crippen molar-refractivity contribution in [2.24, 2.45) is 0 Å². The van der Waals surface area contributed by atoms with Gasteiger partial charge in [-0.25, -0.2) is 9.97 Å². The second-order valence-electron chi connectivity index (χ2n) is 4.23.